The summed E-state index contributed by atoms with van der Waals surface area (Å²) >= 11 is 1.81. The van der Waals surface area contributed by atoms with Crippen molar-refractivity contribution in [2.75, 3.05) is 39.3 Å². The minimum Gasteiger partial charge on any atom is -0.469 e. The lowest BCUT2D eigenvalue weighted by molar-refractivity contribution is -0.145. The van der Waals surface area contributed by atoms with Gasteiger partial charge < -0.3 is 9.64 Å². The molecule has 1 atom stereocenters. The average molecular weight is 205 g/mol. The lowest BCUT2D eigenvalue weighted by atomic mass is 10.2. The van der Waals surface area contributed by atoms with Gasteiger partial charge in [0.1, 0.15) is 0 Å². The van der Waals surface area contributed by atoms with Crippen molar-refractivity contribution >= 4 is 17.7 Å². The number of esters is 1. The number of thioether (sulfide) groups is 1. The summed E-state index contributed by atoms with van der Waals surface area (Å²) in [5.74, 6) is 0.942. The molecule has 0 aromatic rings. The summed E-state index contributed by atoms with van der Waals surface area (Å²) in [5.41, 5.74) is 0. The fourth-order valence-corrected chi connectivity index (χ4v) is 1.58. The second kappa shape index (κ2) is 7.21. The third kappa shape index (κ3) is 5.93. The van der Waals surface area contributed by atoms with E-state index in [1.165, 1.54) is 7.11 Å². The molecule has 0 aromatic carbocycles. The van der Waals surface area contributed by atoms with Gasteiger partial charge in [-0.15, -0.1) is 0 Å². The van der Waals surface area contributed by atoms with E-state index >= 15 is 0 Å². The van der Waals surface area contributed by atoms with Crippen molar-refractivity contribution in [3.8, 4) is 0 Å². The highest BCUT2D eigenvalue weighted by Crippen LogP contribution is 2.01. The fraction of sp³-hybridized carbons (Fsp3) is 0.889. The summed E-state index contributed by atoms with van der Waals surface area (Å²) in [7, 11) is 3.45. The predicted octanol–water partition coefficient (Wildman–Crippen LogP) is 1.09. The van der Waals surface area contributed by atoms with Gasteiger partial charge in [-0.25, -0.2) is 0 Å². The van der Waals surface area contributed by atoms with Gasteiger partial charge >= 0.3 is 5.97 Å². The van der Waals surface area contributed by atoms with Gasteiger partial charge in [0.05, 0.1) is 13.0 Å². The van der Waals surface area contributed by atoms with Gasteiger partial charge in [-0.1, -0.05) is 6.92 Å². The Morgan fingerprint density at radius 1 is 1.62 bits per heavy atom. The molecular formula is C9H19NO2S. The normalized spacial score (nSPS) is 13.0. The van der Waals surface area contributed by atoms with Gasteiger partial charge in [-0.2, -0.15) is 11.8 Å². The number of carbonyl (C=O) groups is 1. The summed E-state index contributed by atoms with van der Waals surface area (Å²) < 4.78 is 4.65. The molecule has 78 valence electrons. The van der Waals surface area contributed by atoms with Crippen LogP contribution in [-0.2, 0) is 9.53 Å². The van der Waals surface area contributed by atoms with Crippen LogP contribution >= 0.6 is 11.8 Å². The van der Waals surface area contributed by atoms with Crippen molar-refractivity contribution in [2.24, 2.45) is 5.92 Å². The van der Waals surface area contributed by atoms with Gasteiger partial charge in [0.2, 0.25) is 0 Å². The lowest BCUT2D eigenvalue weighted by Crippen LogP contribution is -2.30. The van der Waals surface area contributed by atoms with Crippen LogP contribution in [0.2, 0.25) is 0 Å². The largest absolute Gasteiger partial charge is 0.469 e. The molecule has 0 aliphatic heterocycles. The van der Waals surface area contributed by atoms with Crippen LogP contribution in [0.4, 0.5) is 0 Å². The van der Waals surface area contributed by atoms with Crippen LogP contribution in [-0.4, -0.2) is 50.1 Å². The SMILES string of the molecule is COC(=O)C(C)CN(C)CCSC. The van der Waals surface area contributed by atoms with Crippen molar-refractivity contribution in [2.45, 2.75) is 6.92 Å². The van der Waals surface area contributed by atoms with Gasteiger partial charge in [-0.05, 0) is 13.3 Å². The molecule has 0 spiro atoms. The van der Waals surface area contributed by atoms with Gasteiger partial charge in [0.15, 0.2) is 0 Å². The zero-order chi connectivity index (χ0) is 10.3. The molecule has 0 N–H and O–H groups in total. The fourth-order valence-electron chi connectivity index (χ4n) is 1.08. The first-order valence-corrected chi connectivity index (χ1v) is 5.76. The molecule has 13 heavy (non-hydrogen) atoms. The number of rotatable bonds is 6. The number of ether oxygens (including phenoxy) is 1. The summed E-state index contributed by atoms with van der Waals surface area (Å²) in [6, 6.07) is 0. The second-order valence-corrected chi connectivity index (χ2v) is 4.16. The topological polar surface area (TPSA) is 29.5 Å². The Morgan fingerprint density at radius 2 is 2.23 bits per heavy atom. The maximum Gasteiger partial charge on any atom is 0.309 e. The second-order valence-electron chi connectivity index (χ2n) is 3.18. The molecular weight excluding hydrogens is 186 g/mol. The van der Waals surface area contributed by atoms with E-state index in [1.54, 1.807) is 0 Å². The quantitative estimate of drug-likeness (QED) is 0.607. The summed E-state index contributed by atoms with van der Waals surface area (Å²) in [5, 5.41) is 0. The number of methoxy groups -OCH3 is 1. The molecule has 0 bridgehead atoms. The van der Waals surface area contributed by atoms with Gasteiger partial charge in [0.25, 0.3) is 0 Å². The van der Waals surface area contributed by atoms with E-state index < -0.39 is 0 Å². The Morgan fingerprint density at radius 3 is 2.69 bits per heavy atom. The van der Waals surface area contributed by atoms with Crippen molar-refractivity contribution in [3.05, 3.63) is 0 Å². The standard InChI is InChI=1S/C9H19NO2S/c1-8(9(11)12-3)7-10(2)5-6-13-4/h8H,5-7H2,1-4H3. The molecule has 0 heterocycles. The molecule has 0 radical (unpaired) electrons. The summed E-state index contributed by atoms with van der Waals surface area (Å²) in [4.78, 5) is 13.2. The smallest absolute Gasteiger partial charge is 0.309 e. The van der Waals surface area contributed by atoms with Crippen LogP contribution in [0.25, 0.3) is 0 Å². The Kier molecular flexibility index (Phi) is 7.09. The maximum atomic E-state index is 11.1. The number of hydrogen-bond donors (Lipinski definition) is 0. The Balaban J connectivity index is 3.64. The van der Waals surface area contributed by atoms with E-state index in [1.807, 2.05) is 25.7 Å². The van der Waals surface area contributed by atoms with E-state index in [4.69, 9.17) is 0 Å². The molecule has 1 unspecified atom stereocenters. The predicted molar refractivity (Wildman–Crippen MR) is 57.1 cm³/mol. The molecule has 0 aromatic heterocycles. The van der Waals surface area contributed by atoms with Crippen molar-refractivity contribution in [1.29, 1.82) is 0 Å². The first kappa shape index (κ1) is 12.8. The molecule has 3 nitrogen and oxygen atoms in total. The highest BCUT2D eigenvalue weighted by Gasteiger charge is 2.14. The molecule has 0 fully saturated rings. The van der Waals surface area contributed by atoms with Crippen molar-refractivity contribution in [3.63, 3.8) is 0 Å². The highest BCUT2D eigenvalue weighted by atomic mass is 32.2. The number of hydrogen-bond acceptors (Lipinski definition) is 4. The highest BCUT2D eigenvalue weighted by molar-refractivity contribution is 7.98. The Hall–Kier alpha value is -0.220. The molecule has 4 heteroatoms. The van der Waals surface area contributed by atoms with E-state index in [0.717, 1.165) is 18.8 Å². The van der Waals surface area contributed by atoms with Crippen molar-refractivity contribution < 1.29 is 9.53 Å². The van der Waals surface area contributed by atoms with Crippen LogP contribution in [0.15, 0.2) is 0 Å². The minimum absolute atomic E-state index is 0.0307. The lowest BCUT2D eigenvalue weighted by Gasteiger charge is -2.19. The molecule has 0 amide bonds. The Labute approximate surface area is 84.8 Å². The zero-order valence-electron chi connectivity index (χ0n) is 8.87. The van der Waals surface area contributed by atoms with E-state index in [0.29, 0.717) is 0 Å². The monoisotopic (exact) mass is 205 g/mol. The zero-order valence-corrected chi connectivity index (χ0v) is 9.69. The molecule has 0 rings (SSSR count). The van der Waals surface area contributed by atoms with Crippen LogP contribution in [0, 0.1) is 5.92 Å². The first-order chi connectivity index (χ1) is 6.11. The van der Waals surface area contributed by atoms with Crippen LogP contribution in [0.3, 0.4) is 0 Å². The minimum atomic E-state index is -0.129. The Bertz CT molecular complexity index is 153. The molecule has 0 saturated heterocycles. The average Bonchev–Trinajstić information content (AvgIpc) is 2.13. The van der Waals surface area contributed by atoms with E-state index in [2.05, 4.69) is 15.9 Å². The maximum absolute atomic E-state index is 11.1. The molecule has 0 aliphatic rings. The number of nitrogens with zero attached hydrogens (tertiary/aromatic N) is 1. The van der Waals surface area contributed by atoms with Crippen LogP contribution in [0.5, 0.6) is 0 Å². The van der Waals surface area contributed by atoms with Crippen LogP contribution in [0.1, 0.15) is 6.92 Å². The third-order valence-corrected chi connectivity index (χ3v) is 2.46. The van der Waals surface area contributed by atoms with Gasteiger partial charge in [-0.3, -0.25) is 4.79 Å². The summed E-state index contributed by atoms with van der Waals surface area (Å²) in [6.07, 6.45) is 2.08. The molecule has 0 aliphatic carbocycles. The van der Waals surface area contributed by atoms with Crippen LogP contribution < -0.4 is 0 Å². The number of carbonyl (C=O) groups excluding carboxylic acids is 1. The van der Waals surface area contributed by atoms with Gasteiger partial charge in [0, 0.05) is 18.8 Å². The van der Waals surface area contributed by atoms with E-state index in [-0.39, 0.29) is 11.9 Å². The molecule has 0 saturated carbocycles. The van der Waals surface area contributed by atoms with Crippen molar-refractivity contribution in [1.82, 2.24) is 4.90 Å². The first-order valence-electron chi connectivity index (χ1n) is 4.37. The third-order valence-electron chi connectivity index (χ3n) is 1.87. The summed E-state index contributed by atoms with van der Waals surface area (Å²) in [6.45, 7) is 3.68. The van der Waals surface area contributed by atoms with E-state index in [9.17, 15) is 4.79 Å².